The van der Waals surface area contributed by atoms with E-state index in [2.05, 4.69) is 34.0 Å². The number of carbonyl (C=O) groups is 1. The van der Waals surface area contributed by atoms with E-state index >= 15 is 0 Å². The Hall–Kier alpha value is -2.25. The topological polar surface area (TPSA) is 80.5 Å². The molecule has 3 rings (SSSR count). The van der Waals surface area contributed by atoms with Crippen LogP contribution in [-0.4, -0.2) is 57.0 Å². The lowest BCUT2D eigenvalue weighted by Gasteiger charge is -2.32. The fraction of sp³-hybridized carbons (Fsp3) is 0.438. The van der Waals surface area contributed by atoms with Gasteiger partial charge in [-0.25, -0.2) is 9.67 Å². The molecule has 1 aliphatic rings. The highest BCUT2D eigenvalue weighted by Gasteiger charge is 2.18. The van der Waals surface area contributed by atoms with Crippen LogP contribution >= 0.6 is 0 Å². The number of benzene rings is 1. The number of nitrogens with zero attached hydrogens (tertiary/aromatic N) is 4. The second kappa shape index (κ2) is 6.89. The van der Waals surface area contributed by atoms with Gasteiger partial charge in [0.25, 0.3) is 0 Å². The summed E-state index contributed by atoms with van der Waals surface area (Å²) >= 11 is 0. The molecule has 1 aromatic carbocycles. The average molecular weight is 316 g/mol. The average Bonchev–Trinajstić information content (AvgIpc) is 3.03. The number of morpholine rings is 1. The third-order valence-corrected chi connectivity index (χ3v) is 4.08. The van der Waals surface area contributed by atoms with Gasteiger partial charge in [-0.2, -0.15) is 5.10 Å². The summed E-state index contributed by atoms with van der Waals surface area (Å²) in [6.07, 6.45) is 1.44. The SMILES string of the molecule is C[C@@H](c1ccc(-c2ncn(CC(=O)O)n2)cc1)N1CCOCC1. The number of aromatic nitrogens is 3. The van der Waals surface area contributed by atoms with Crippen LogP contribution in [-0.2, 0) is 16.1 Å². The van der Waals surface area contributed by atoms with Crippen molar-refractivity contribution in [3.63, 3.8) is 0 Å². The Kier molecular flexibility index (Phi) is 4.68. The zero-order valence-electron chi connectivity index (χ0n) is 13.1. The van der Waals surface area contributed by atoms with Crippen molar-refractivity contribution in [1.82, 2.24) is 19.7 Å². The van der Waals surface area contributed by atoms with Crippen molar-refractivity contribution in [2.24, 2.45) is 0 Å². The zero-order chi connectivity index (χ0) is 16.2. The molecule has 0 aliphatic carbocycles. The number of rotatable bonds is 5. The maximum Gasteiger partial charge on any atom is 0.325 e. The summed E-state index contributed by atoms with van der Waals surface area (Å²) in [7, 11) is 0. The molecule has 1 atom stereocenters. The predicted molar refractivity (Wildman–Crippen MR) is 83.9 cm³/mol. The first kappa shape index (κ1) is 15.6. The van der Waals surface area contributed by atoms with Crippen LogP contribution in [0.3, 0.4) is 0 Å². The number of carboxylic acids is 1. The molecule has 1 aliphatic heterocycles. The lowest BCUT2D eigenvalue weighted by atomic mass is 10.0. The van der Waals surface area contributed by atoms with E-state index in [1.807, 2.05) is 12.1 Å². The normalized spacial score (nSPS) is 17.1. The van der Waals surface area contributed by atoms with Gasteiger partial charge in [0, 0.05) is 24.7 Å². The summed E-state index contributed by atoms with van der Waals surface area (Å²) in [6, 6.07) is 8.45. The van der Waals surface area contributed by atoms with Gasteiger partial charge < -0.3 is 9.84 Å². The van der Waals surface area contributed by atoms with Gasteiger partial charge in [0.05, 0.1) is 13.2 Å². The molecular formula is C16H20N4O3. The second-order valence-electron chi connectivity index (χ2n) is 5.61. The highest BCUT2D eigenvalue weighted by Crippen LogP contribution is 2.23. The maximum atomic E-state index is 10.7. The molecule has 0 bridgehead atoms. The van der Waals surface area contributed by atoms with Gasteiger partial charge in [-0.3, -0.25) is 9.69 Å². The summed E-state index contributed by atoms with van der Waals surface area (Å²) in [5.74, 6) is -0.395. The Labute approximate surface area is 134 Å². The number of aliphatic carboxylic acids is 1. The van der Waals surface area contributed by atoms with Crippen molar-refractivity contribution in [2.75, 3.05) is 26.3 Å². The van der Waals surface area contributed by atoms with Gasteiger partial charge in [-0.15, -0.1) is 0 Å². The first-order valence-corrected chi connectivity index (χ1v) is 7.67. The van der Waals surface area contributed by atoms with E-state index in [1.165, 1.54) is 16.6 Å². The van der Waals surface area contributed by atoms with Crippen LogP contribution in [0.1, 0.15) is 18.5 Å². The first-order valence-electron chi connectivity index (χ1n) is 7.67. The van der Waals surface area contributed by atoms with Crippen LogP contribution in [0.15, 0.2) is 30.6 Å². The van der Waals surface area contributed by atoms with Crippen LogP contribution in [0, 0.1) is 0 Å². The van der Waals surface area contributed by atoms with E-state index in [9.17, 15) is 4.79 Å². The Morgan fingerprint density at radius 1 is 1.30 bits per heavy atom. The fourth-order valence-corrected chi connectivity index (χ4v) is 2.73. The summed E-state index contributed by atoms with van der Waals surface area (Å²) in [6.45, 7) is 5.48. The minimum absolute atomic E-state index is 0.181. The van der Waals surface area contributed by atoms with Gasteiger partial charge in [-0.05, 0) is 12.5 Å². The molecule has 1 fully saturated rings. The minimum Gasteiger partial charge on any atom is -0.480 e. The third kappa shape index (κ3) is 3.75. The summed E-state index contributed by atoms with van der Waals surface area (Å²) in [5, 5.41) is 12.9. The van der Waals surface area contributed by atoms with Crippen LogP contribution in [0.25, 0.3) is 11.4 Å². The molecule has 0 amide bonds. The van der Waals surface area contributed by atoms with Crippen molar-refractivity contribution < 1.29 is 14.6 Å². The van der Waals surface area contributed by atoms with Gasteiger partial charge in [-0.1, -0.05) is 24.3 Å². The van der Waals surface area contributed by atoms with E-state index in [0.717, 1.165) is 31.9 Å². The van der Waals surface area contributed by atoms with Gasteiger partial charge in [0.15, 0.2) is 5.82 Å². The molecule has 7 nitrogen and oxygen atoms in total. The highest BCUT2D eigenvalue weighted by molar-refractivity contribution is 5.66. The predicted octanol–water partition coefficient (Wildman–Crippen LogP) is 1.42. The van der Waals surface area contributed by atoms with Crippen molar-refractivity contribution in [3.8, 4) is 11.4 Å². The molecule has 1 aromatic heterocycles. The Balaban J connectivity index is 1.71. The molecule has 1 saturated heterocycles. The van der Waals surface area contributed by atoms with Gasteiger partial charge in [0.1, 0.15) is 12.9 Å². The molecule has 0 radical (unpaired) electrons. The summed E-state index contributed by atoms with van der Waals surface area (Å²) in [5.41, 5.74) is 2.12. The van der Waals surface area contributed by atoms with E-state index in [1.54, 1.807) is 0 Å². The molecule has 23 heavy (non-hydrogen) atoms. The summed E-state index contributed by atoms with van der Waals surface area (Å²) < 4.78 is 6.71. The molecule has 1 N–H and O–H groups in total. The van der Waals surface area contributed by atoms with Crippen molar-refractivity contribution in [3.05, 3.63) is 36.2 Å². The maximum absolute atomic E-state index is 10.7. The van der Waals surface area contributed by atoms with E-state index in [4.69, 9.17) is 9.84 Å². The summed E-state index contributed by atoms with van der Waals surface area (Å²) in [4.78, 5) is 17.2. The third-order valence-electron chi connectivity index (χ3n) is 4.08. The molecule has 0 spiro atoms. The first-order chi connectivity index (χ1) is 11.1. The molecule has 2 heterocycles. The molecule has 0 saturated carbocycles. The monoisotopic (exact) mass is 316 g/mol. The quantitative estimate of drug-likeness (QED) is 0.898. The van der Waals surface area contributed by atoms with Crippen molar-refractivity contribution in [2.45, 2.75) is 19.5 Å². The smallest absolute Gasteiger partial charge is 0.325 e. The van der Waals surface area contributed by atoms with Crippen LogP contribution in [0.4, 0.5) is 0 Å². The number of ether oxygens (including phenoxy) is 1. The Morgan fingerprint density at radius 3 is 2.65 bits per heavy atom. The fourth-order valence-electron chi connectivity index (χ4n) is 2.73. The van der Waals surface area contributed by atoms with Crippen LogP contribution in [0.2, 0.25) is 0 Å². The Bertz CT molecular complexity index is 662. The molecule has 122 valence electrons. The number of carboxylic acid groups (broad SMARTS) is 1. The minimum atomic E-state index is -0.934. The molecule has 0 unspecified atom stereocenters. The van der Waals surface area contributed by atoms with Crippen LogP contribution in [0.5, 0.6) is 0 Å². The standard InChI is InChI=1S/C16H20N4O3/c1-12(19-6-8-23-9-7-19)13-2-4-14(5-3-13)16-17-11-20(18-16)10-15(21)22/h2-5,11-12H,6-10H2,1H3,(H,21,22)/t12-/m0/s1. The van der Waals surface area contributed by atoms with E-state index in [-0.39, 0.29) is 6.54 Å². The van der Waals surface area contributed by atoms with Crippen molar-refractivity contribution >= 4 is 5.97 Å². The largest absolute Gasteiger partial charge is 0.480 e. The number of hydrogen-bond acceptors (Lipinski definition) is 5. The lowest BCUT2D eigenvalue weighted by Crippen LogP contribution is -2.37. The van der Waals surface area contributed by atoms with Gasteiger partial charge in [0.2, 0.25) is 0 Å². The van der Waals surface area contributed by atoms with E-state index < -0.39 is 5.97 Å². The lowest BCUT2D eigenvalue weighted by molar-refractivity contribution is -0.137. The molecule has 7 heteroatoms. The van der Waals surface area contributed by atoms with Gasteiger partial charge >= 0.3 is 5.97 Å². The molecular weight excluding hydrogens is 296 g/mol. The zero-order valence-corrected chi connectivity index (χ0v) is 13.1. The highest BCUT2D eigenvalue weighted by atomic mass is 16.5. The number of hydrogen-bond donors (Lipinski definition) is 1. The molecule has 2 aromatic rings. The van der Waals surface area contributed by atoms with E-state index in [0.29, 0.717) is 11.9 Å². The van der Waals surface area contributed by atoms with Crippen molar-refractivity contribution in [1.29, 1.82) is 0 Å². The van der Waals surface area contributed by atoms with Crippen LogP contribution < -0.4 is 0 Å². The second-order valence-corrected chi connectivity index (χ2v) is 5.61. The Morgan fingerprint density at radius 2 is 2.00 bits per heavy atom.